The van der Waals surface area contributed by atoms with Crippen LogP contribution in [0.2, 0.25) is 0 Å². The van der Waals surface area contributed by atoms with Gasteiger partial charge in [0.15, 0.2) is 0 Å². The van der Waals surface area contributed by atoms with E-state index in [1.165, 1.54) is 0 Å². The number of hydrogen-bond donors (Lipinski definition) is 2. The van der Waals surface area contributed by atoms with Crippen LogP contribution in [0.1, 0.15) is 19.8 Å². The Bertz CT molecular complexity index is 445. The van der Waals surface area contributed by atoms with Gasteiger partial charge in [0, 0.05) is 22.3 Å². The maximum Gasteiger partial charge on any atom is 0.238 e. The fraction of sp³-hybridized carbons (Fsp3) is 0.500. The Morgan fingerprint density at radius 2 is 2.37 bits per heavy atom. The van der Waals surface area contributed by atoms with Gasteiger partial charge >= 0.3 is 0 Å². The molecule has 1 saturated heterocycles. The summed E-state index contributed by atoms with van der Waals surface area (Å²) in [5.74, 6) is -0.0371. The topological polar surface area (TPSA) is 50.4 Å². The van der Waals surface area contributed by atoms with Gasteiger partial charge in [-0.05, 0) is 38.0 Å². The zero-order valence-corrected chi connectivity index (χ0v) is 12.6. The highest BCUT2D eigenvalue weighted by Crippen LogP contribution is 2.18. The summed E-state index contributed by atoms with van der Waals surface area (Å²) < 4.78 is 6.40. The SMILES string of the molecule is CC1(NCC(=O)Nc2cccc(Br)c2)CCCOC1. The van der Waals surface area contributed by atoms with Gasteiger partial charge in [-0.1, -0.05) is 22.0 Å². The van der Waals surface area contributed by atoms with Gasteiger partial charge in [-0.25, -0.2) is 0 Å². The van der Waals surface area contributed by atoms with Crippen LogP contribution in [0, 0.1) is 0 Å². The molecule has 2 N–H and O–H groups in total. The molecule has 1 aliphatic rings. The smallest absolute Gasteiger partial charge is 0.238 e. The summed E-state index contributed by atoms with van der Waals surface area (Å²) in [6.07, 6.45) is 2.08. The van der Waals surface area contributed by atoms with E-state index in [9.17, 15) is 4.79 Å². The Balaban J connectivity index is 1.81. The number of hydrogen-bond acceptors (Lipinski definition) is 3. The molecule has 1 amide bonds. The number of rotatable bonds is 4. The van der Waals surface area contributed by atoms with Crippen LogP contribution in [0.15, 0.2) is 28.7 Å². The van der Waals surface area contributed by atoms with E-state index in [0.29, 0.717) is 13.2 Å². The van der Waals surface area contributed by atoms with Gasteiger partial charge in [0.1, 0.15) is 0 Å². The zero-order chi connectivity index (χ0) is 13.7. The monoisotopic (exact) mass is 326 g/mol. The maximum atomic E-state index is 11.9. The molecule has 4 nitrogen and oxygen atoms in total. The van der Waals surface area contributed by atoms with Crippen molar-refractivity contribution in [3.8, 4) is 0 Å². The highest BCUT2D eigenvalue weighted by atomic mass is 79.9. The molecule has 0 bridgehead atoms. The minimum atomic E-state index is -0.0904. The molecule has 1 aromatic carbocycles. The van der Waals surface area contributed by atoms with Crippen LogP contribution in [-0.4, -0.2) is 31.2 Å². The van der Waals surface area contributed by atoms with Crippen molar-refractivity contribution < 1.29 is 9.53 Å². The molecule has 1 aromatic rings. The Labute approximate surface area is 122 Å². The molecule has 0 saturated carbocycles. The summed E-state index contributed by atoms with van der Waals surface area (Å²) >= 11 is 3.38. The van der Waals surface area contributed by atoms with Crippen molar-refractivity contribution >= 4 is 27.5 Å². The second kappa shape index (κ2) is 6.50. The molecule has 2 rings (SSSR count). The Kier molecular flexibility index (Phi) is 4.96. The van der Waals surface area contributed by atoms with Crippen LogP contribution < -0.4 is 10.6 Å². The fourth-order valence-corrected chi connectivity index (χ4v) is 2.54. The Morgan fingerprint density at radius 3 is 3.05 bits per heavy atom. The van der Waals surface area contributed by atoms with Crippen molar-refractivity contribution in [2.24, 2.45) is 0 Å². The minimum absolute atomic E-state index is 0.0371. The Morgan fingerprint density at radius 1 is 1.53 bits per heavy atom. The van der Waals surface area contributed by atoms with E-state index in [-0.39, 0.29) is 11.4 Å². The number of benzene rings is 1. The molecule has 0 radical (unpaired) electrons. The number of carbonyl (C=O) groups is 1. The minimum Gasteiger partial charge on any atom is -0.380 e. The molecule has 0 aromatic heterocycles. The van der Waals surface area contributed by atoms with E-state index in [2.05, 4.69) is 33.5 Å². The normalized spacial score (nSPS) is 23.1. The highest BCUT2D eigenvalue weighted by Gasteiger charge is 2.27. The second-order valence-corrected chi connectivity index (χ2v) is 6.04. The summed E-state index contributed by atoms with van der Waals surface area (Å²) in [5, 5.41) is 6.15. The standard InChI is InChI=1S/C14H19BrN2O2/c1-14(6-3-7-19-10-14)16-9-13(18)17-12-5-2-4-11(15)8-12/h2,4-5,8,16H,3,6-7,9-10H2,1H3,(H,17,18). The molecular weight excluding hydrogens is 308 g/mol. The summed E-state index contributed by atoms with van der Waals surface area (Å²) in [5.41, 5.74) is 0.707. The average molecular weight is 327 g/mol. The first-order chi connectivity index (χ1) is 9.07. The van der Waals surface area contributed by atoms with Crippen LogP contribution >= 0.6 is 15.9 Å². The average Bonchev–Trinajstić information content (AvgIpc) is 2.38. The highest BCUT2D eigenvalue weighted by molar-refractivity contribution is 9.10. The van der Waals surface area contributed by atoms with E-state index in [1.807, 2.05) is 24.3 Å². The summed E-state index contributed by atoms with van der Waals surface area (Å²) in [6, 6.07) is 7.56. The first-order valence-corrected chi connectivity index (χ1v) is 7.25. The molecule has 0 spiro atoms. The molecule has 0 aliphatic carbocycles. The predicted octanol–water partition coefficient (Wildman–Crippen LogP) is 2.55. The van der Waals surface area contributed by atoms with E-state index < -0.39 is 0 Å². The third kappa shape index (κ3) is 4.60. The quantitative estimate of drug-likeness (QED) is 0.894. The summed E-state index contributed by atoms with van der Waals surface area (Å²) in [7, 11) is 0. The number of carbonyl (C=O) groups excluding carboxylic acids is 1. The van der Waals surface area contributed by atoms with E-state index >= 15 is 0 Å². The number of anilines is 1. The van der Waals surface area contributed by atoms with Gasteiger partial charge in [0.05, 0.1) is 13.2 Å². The fourth-order valence-electron chi connectivity index (χ4n) is 2.14. The van der Waals surface area contributed by atoms with Gasteiger partial charge in [0.25, 0.3) is 0 Å². The van der Waals surface area contributed by atoms with Gasteiger partial charge in [-0.15, -0.1) is 0 Å². The largest absolute Gasteiger partial charge is 0.380 e. The number of amides is 1. The number of ether oxygens (including phenoxy) is 1. The lowest BCUT2D eigenvalue weighted by Crippen LogP contribution is -2.51. The third-order valence-electron chi connectivity index (χ3n) is 3.22. The second-order valence-electron chi connectivity index (χ2n) is 5.13. The molecular formula is C14H19BrN2O2. The molecule has 104 valence electrons. The van der Waals surface area contributed by atoms with E-state index in [0.717, 1.165) is 29.6 Å². The summed E-state index contributed by atoms with van der Waals surface area (Å²) in [4.78, 5) is 11.9. The van der Waals surface area contributed by atoms with Crippen LogP contribution in [-0.2, 0) is 9.53 Å². The molecule has 1 fully saturated rings. The Hall–Kier alpha value is -0.910. The number of halogens is 1. The molecule has 1 heterocycles. The van der Waals surface area contributed by atoms with Gasteiger partial charge in [0.2, 0.25) is 5.91 Å². The lowest BCUT2D eigenvalue weighted by molar-refractivity contribution is -0.116. The van der Waals surface area contributed by atoms with E-state index in [4.69, 9.17) is 4.74 Å². The van der Waals surface area contributed by atoms with Crippen LogP contribution in [0.5, 0.6) is 0 Å². The lowest BCUT2D eigenvalue weighted by atomic mass is 9.95. The molecule has 1 aliphatic heterocycles. The van der Waals surface area contributed by atoms with Crippen LogP contribution in [0.4, 0.5) is 5.69 Å². The molecule has 19 heavy (non-hydrogen) atoms. The molecule has 5 heteroatoms. The maximum absolute atomic E-state index is 11.9. The van der Waals surface area contributed by atoms with Crippen LogP contribution in [0.3, 0.4) is 0 Å². The molecule has 1 unspecified atom stereocenters. The molecule has 1 atom stereocenters. The van der Waals surface area contributed by atoms with Gasteiger partial charge in [-0.2, -0.15) is 0 Å². The van der Waals surface area contributed by atoms with Crippen molar-refractivity contribution in [2.45, 2.75) is 25.3 Å². The van der Waals surface area contributed by atoms with Crippen molar-refractivity contribution in [1.82, 2.24) is 5.32 Å². The predicted molar refractivity (Wildman–Crippen MR) is 79.2 cm³/mol. The van der Waals surface area contributed by atoms with Crippen molar-refractivity contribution in [2.75, 3.05) is 25.1 Å². The van der Waals surface area contributed by atoms with Gasteiger partial charge < -0.3 is 15.4 Å². The zero-order valence-electron chi connectivity index (χ0n) is 11.0. The summed E-state index contributed by atoms with van der Waals surface area (Å²) in [6.45, 7) is 3.88. The van der Waals surface area contributed by atoms with Crippen molar-refractivity contribution in [1.29, 1.82) is 0 Å². The van der Waals surface area contributed by atoms with Gasteiger partial charge in [-0.3, -0.25) is 4.79 Å². The van der Waals surface area contributed by atoms with Crippen LogP contribution in [0.25, 0.3) is 0 Å². The first-order valence-electron chi connectivity index (χ1n) is 6.46. The van der Waals surface area contributed by atoms with Crippen molar-refractivity contribution in [3.05, 3.63) is 28.7 Å². The first kappa shape index (κ1) is 14.5. The third-order valence-corrected chi connectivity index (χ3v) is 3.72. The lowest BCUT2D eigenvalue weighted by Gasteiger charge is -2.34. The number of nitrogens with one attached hydrogen (secondary N) is 2. The van der Waals surface area contributed by atoms with E-state index in [1.54, 1.807) is 0 Å². The van der Waals surface area contributed by atoms with Crippen molar-refractivity contribution in [3.63, 3.8) is 0 Å².